The van der Waals surface area contributed by atoms with Gasteiger partial charge in [-0.3, -0.25) is 4.98 Å². The quantitative estimate of drug-likeness (QED) is 0.757. The van der Waals surface area contributed by atoms with Crippen LogP contribution in [0.3, 0.4) is 0 Å². The lowest BCUT2D eigenvalue weighted by molar-refractivity contribution is 0.254. The van der Waals surface area contributed by atoms with Gasteiger partial charge in [-0.15, -0.1) is 0 Å². The molecule has 1 aromatic heterocycles. The molecule has 19 heavy (non-hydrogen) atoms. The lowest BCUT2D eigenvalue weighted by Crippen LogP contribution is -2.34. The molecule has 2 N–H and O–H groups in total. The highest BCUT2D eigenvalue weighted by atomic mass is 15.1. The van der Waals surface area contributed by atoms with Crippen LogP contribution in [0.1, 0.15) is 27.2 Å². The third-order valence-corrected chi connectivity index (χ3v) is 2.83. The van der Waals surface area contributed by atoms with Crippen molar-refractivity contribution in [2.45, 2.75) is 27.2 Å². The molecule has 0 aliphatic heterocycles. The fraction of sp³-hybridized carbons (Fsp3) is 0.667. The Morgan fingerprint density at radius 2 is 1.79 bits per heavy atom. The van der Waals surface area contributed by atoms with Gasteiger partial charge in [0.05, 0.1) is 23.8 Å². The maximum Gasteiger partial charge on any atom is 0.0547 e. The van der Waals surface area contributed by atoms with E-state index in [4.69, 9.17) is 0 Å². The Bertz CT molecular complexity index is 374. The molecular formula is C15H28N4. The standard InChI is InChI=1S/C15H28N4/c1-6-7-17-13-8-14(10-16-9-13)18-11-15(2,3)12-19(4)5/h8-10,17-18H,6-7,11-12H2,1-5H3. The van der Waals surface area contributed by atoms with Gasteiger partial charge in [0.1, 0.15) is 0 Å². The molecule has 0 bridgehead atoms. The molecule has 4 heteroatoms. The van der Waals surface area contributed by atoms with Gasteiger partial charge in [0.25, 0.3) is 0 Å². The van der Waals surface area contributed by atoms with Crippen LogP contribution in [0.15, 0.2) is 18.5 Å². The molecule has 0 atom stereocenters. The van der Waals surface area contributed by atoms with Crippen LogP contribution in [-0.2, 0) is 0 Å². The molecule has 4 nitrogen and oxygen atoms in total. The van der Waals surface area contributed by atoms with Gasteiger partial charge in [-0.05, 0) is 32.0 Å². The van der Waals surface area contributed by atoms with E-state index >= 15 is 0 Å². The summed E-state index contributed by atoms with van der Waals surface area (Å²) in [5, 5.41) is 6.83. The van der Waals surface area contributed by atoms with Gasteiger partial charge < -0.3 is 15.5 Å². The summed E-state index contributed by atoms with van der Waals surface area (Å²) < 4.78 is 0. The van der Waals surface area contributed by atoms with Crippen LogP contribution >= 0.6 is 0 Å². The van der Waals surface area contributed by atoms with E-state index in [1.807, 2.05) is 12.4 Å². The van der Waals surface area contributed by atoms with Crippen molar-refractivity contribution >= 4 is 11.4 Å². The zero-order valence-corrected chi connectivity index (χ0v) is 13.0. The maximum atomic E-state index is 4.26. The summed E-state index contributed by atoms with van der Waals surface area (Å²) >= 11 is 0. The average Bonchev–Trinajstić information content (AvgIpc) is 2.33. The minimum atomic E-state index is 0.232. The summed E-state index contributed by atoms with van der Waals surface area (Å²) in [6.07, 6.45) is 4.86. The summed E-state index contributed by atoms with van der Waals surface area (Å²) in [6, 6.07) is 2.12. The van der Waals surface area contributed by atoms with E-state index in [9.17, 15) is 0 Å². The lowest BCUT2D eigenvalue weighted by atomic mass is 9.93. The van der Waals surface area contributed by atoms with Crippen LogP contribution in [0, 0.1) is 5.41 Å². The van der Waals surface area contributed by atoms with Crippen molar-refractivity contribution in [2.24, 2.45) is 5.41 Å². The second-order valence-corrected chi connectivity index (χ2v) is 6.14. The molecule has 0 unspecified atom stereocenters. The number of rotatable bonds is 8. The molecule has 0 aromatic carbocycles. The van der Waals surface area contributed by atoms with E-state index in [2.05, 4.69) is 61.5 Å². The highest BCUT2D eigenvalue weighted by Gasteiger charge is 2.18. The maximum absolute atomic E-state index is 4.26. The second-order valence-electron chi connectivity index (χ2n) is 6.14. The Hall–Kier alpha value is -1.29. The van der Waals surface area contributed by atoms with Crippen molar-refractivity contribution < 1.29 is 0 Å². The summed E-state index contributed by atoms with van der Waals surface area (Å²) in [5.41, 5.74) is 2.39. The molecular weight excluding hydrogens is 236 g/mol. The molecule has 0 spiro atoms. The topological polar surface area (TPSA) is 40.2 Å². The van der Waals surface area contributed by atoms with Crippen LogP contribution in [0.4, 0.5) is 11.4 Å². The van der Waals surface area contributed by atoms with Crippen molar-refractivity contribution in [3.63, 3.8) is 0 Å². The van der Waals surface area contributed by atoms with Crippen LogP contribution < -0.4 is 10.6 Å². The fourth-order valence-electron chi connectivity index (χ4n) is 2.16. The number of hydrogen-bond donors (Lipinski definition) is 2. The van der Waals surface area contributed by atoms with Gasteiger partial charge >= 0.3 is 0 Å². The predicted octanol–water partition coefficient (Wildman–Crippen LogP) is 2.90. The zero-order valence-electron chi connectivity index (χ0n) is 13.0. The number of aromatic nitrogens is 1. The predicted molar refractivity (Wildman–Crippen MR) is 83.8 cm³/mol. The molecule has 1 rings (SSSR count). The first-order valence-corrected chi connectivity index (χ1v) is 7.00. The smallest absolute Gasteiger partial charge is 0.0547 e. The molecule has 0 fully saturated rings. The Morgan fingerprint density at radius 3 is 2.37 bits per heavy atom. The normalized spacial score (nSPS) is 11.7. The number of hydrogen-bond acceptors (Lipinski definition) is 4. The SMILES string of the molecule is CCCNc1cncc(NCC(C)(C)CN(C)C)c1. The van der Waals surface area contributed by atoms with Gasteiger partial charge in [0, 0.05) is 19.6 Å². The molecule has 1 aromatic rings. The van der Waals surface area contributed by atoms with Crippen molar-refractivity contribution in [1.29, 1.82) is 0 Å². The van der Waals surface area contributed by atoms with Gasteiger partial charge in [-0.2, -0.15) is 0 Å². The summed E-state index contributed by atoms with van der Waals surface area (Å²) in [6.45, 7) is 9.67. The minimum Gasteiger partial charge on any atom is -0.384 e. The van der Waals surface area contributed by atoms with Crippen molar-refractivity contribution in [2.75, 3.05) is 44.4 Å². The number of anilines is 2. The van der Waals surface area contributed by atoms with Crippen LogP contribution in [-0.4, -0.2) is 43.6 Å². The van der Waals surface area contributed by atoms with Crippen LogP contribution in [0.5, 0.6) is 0 Å². The fourth-order valence-corrected chi connectivity index (χ4v) is 2.16. The first kappa shape index (κ1) is 15.8. The van der Waals surface area contributed by atoms with E-state index in [1.165, 1.54) is 0 Å². The summed E-state index contributed by atoms with van der Waals surface area (Å²) in [5.74, 6) is 0. The first-order valence-electron chi connectivity index (χ1n) is 7.00. The molecule has 1 heterocycles. The molecule has 0 radical (unpaired) electrons. The van der Waals surface area contributed by atoms with Gasteiger partial charge in [-0.25, -0.2) is 0 Å². The highest BCUT2D eigenvalue weighted by Crippen LogP contribution is 2.19. The second kappa shape index (κ2) is 7.34. The Balaban J connectivity index is 2.52. The van der Waals surface area contributed by atoms with Gasteiger partial charge in [0.2, 0.25) is 0 Å². The van der Waals surface area contributed by atoms with Gasteiger partial charge in [0.15, 0.2) is 0 Å². The lowest BCUT2D eigenvalue weighted by Gasteiger charge is -2.28. The molecule has 108 valence electrons. The zero-order chi connectivity index (χ0) is 14.3. The first-order chi connectivity index (χ1) is 8.93. The Kier molecular flexibility index (Phi) is 6.09. The minimum absolute atomic E-state index is 0.232. The largest absolute Gasteiger partial charge is 0.384 e. The molecule has 0 aliphatic carbocycles. The average molecular weight is 264 g/mol. The van der Waals surface area contributed by atoms with E-state index in [-0.39, 0.29) is 5.41 Å². The van der Waals surface area contributed by atoms with Crippen molar-refractivity contribution in [3.05, 3.63) is 18.5 Å². The number of nitrogens with one attached hydrogen (secondary N) is 2. The van der Waals surface area contributed by atoms with Crippen LogP contribution in [0.2, 0.25) is 0 Å². The number of nitrogens with zero attached hydrogens (tertiary/aromatic N) is 2. The monoisotopic (exact) mass is 264 g/mol. The van der Waals surface area contributed by atoms with Gasteiger partial charge in [-0.1, -0.05) is 20.8 Å². The Morgan fingerprint density at radius 1 is 1.16 bits per heavy atom. The summed E-state index contributed by atoms with van der Waals surface area (Å²) in [4.78, 5) is 6.49. The highest BCUT2D eigenvalue weighted by molar-refractivity contribution is 5.53. The van der Waals surface area contributed by atoms with E-state index in [0.717, 1.165) is 37.4 Å². The molecule has 0 aliphatic rings. The Labute approximate surface area is 117 Å². The molecule has 0 amide bonds. The van der Waals surface area contributed by atoms with Crippen molar-refractivity contribution in [3.8, 4) is 0 Å². The third kappa shape index (κ3) is 6.43. The van der Waals surface area contributed by atoms with Crippen LogP contribution in [0.25, 0.3) is 0 Å². The summed E-state index contributed by atoms with van der Waals surface area (Å²) in [7, 11) is 4.22. The van der Waals surface area contributed by atoms with E-state index < -0.39 is 0 Å². The number of pyridine rings is 1. The van der Waals surface area contributed by atoms with E-state index in [1.54, 1.807) is 0 Å². The third-order valence-electron chi connectivity index (χ3n) is 2.83. The van der Waals surface area contributed by atoms with Crippen molar-refractivity contribution in [1.82, 2.24) is 9.88 Å². The molecule has 0 saturated heterocycles. The van der Waals surface area contributed by atoms with E-state index in [0.29, 0.717) is 0 Å². The molecule has 0 saturated carbocycles.